The predicted octanol–water partition coefficient (Wildman–Crippen LogP) is 0.970. The molecular weight excluding hydrogens is 268 g/mol. The fraction of sp³-hybridized carbons (Fsp3) is 0.500. The highest BCUT2D eigenvalue weighted by molar-refractivity contribution is 5.94. The third-order valence-electron chi connectivity index (χ3n) is 3.54. The summed E-state index contributed by atoms with van der Waals surface area (Å²) in [5, 5.41) is 11.6. The monoisotopic (exact) mass is 288 g/mol. The highest BCUT2D eigenvalue weighted by Crippen LogP contribution is 2.19. The normalized spacial score (nSPS) is 20.7. The number of ether oxygens (including phenoxy) is 1. The van der Waals surface area contributed by atoms with Crippen molar-refractivity contribution in [1.82, 2.24) is 10.3 Å². The molecule has 2 N–H and O–H groups in total. The van der Waals surface area contributed by atoms with Crippen LogP contribution in [-0.4, -0.2) is 41.9 Å². The van der Waals surface area contributed by atoms with Gasteiger partial charge in [-0.15, -0.1) is 0 Å². The number of rotatable bonds is 4. The number of aromatic nitrogens is 1. The maximum absolute atomic E-state index is 12.2. The summed E-state index contributed by atoms with van der Waals surface area (Å²) in [5.41, 5.74) is 0.911. The van der Waals surface area contributed by atoms with Crippen molar-refractivity contribution in [2.24, 2.45) is 5.92 Å². The van der Waals surface area contributed by atoms with E-state index in [1.165, 1.54) is 0 Å². The molecule has 0 radical (unpaired) electrons. The van der Waals surface area contributed by atoms with E-state index in [0.29, 0.717) is 30.1 Å². The molecule has 2 atom stereocenters. The Morgan fingerprint density at radius 3 is 3.19 bits per heavy atom. The van der Waals surface area contributed by atoms with Crippen molar-refractivity contribution >= 4 is 5.91 Å². The van der Waals surface area contributed by atoms with Crippen molar-refractivity contribution in [1.29, 1.82) is 0 Å². The van der Waals surface area contributed by atoms with Crippen molar-refractivity contribution in [3.8, 4) is 11.8 Å². The maximum Gasteiger partial charge on any atom is 0.271 e. The number of hydrogen-bond donors (Lipinski definition) is 2. The number of carbonyl (C=O) groups is 1. The molecule has 1 aliphatic rings. The number of aliphatic hydroxyl groups is 1. The third kappa shape index (κ3) is 4.28. The lowest BCUT2D eigenvalue weighted by atomic mass is 10.0. The van der Waals surface area contributed by atoms with Gasteiger partial charge in [0.05, 0.1) is 18.3 Å². The molecule has 2 rings (SSSR count). The number of hydrogen-bond acceptors (Lipinski definition) is 4. The highest BCUT2D eigenvalue weighted by atomic mass is 16.5. The van der Waals surface area contributed by atoms with Crippen LogP contribution in [0.5, 0.6) is 0 Å². The highest BCUT2D eigenvalue weighted by Gasteiger charge is 2.25. The topological polar surface area (TPSA) is 71.5 Å². The van der Waals surface area contributed by atoms with Crippen LogP contribution in [-0.2, 0) is 4.74 Å². The SMILES string of the molecule is CC1OCCC1CNC(=O)c1ncccc1C#CCCO. The van der Waals surface area contributed by atoms with Crippen LogP contribution in [0.3, 0.4) is 0 Å². The zero-order valence-electron chi connectivity index (χ0n) is 12.1. The molecule has 1 aromatic rings. The Hall–Kier alpha value is -1.90. The van der Waals surface area contributed by atoms with Gasteiger partial charge in [0.2, 0.25) is 0 Å². The van der Waals surface area contributed by atoms with E-state index in [9.17, 15) is 4.79 Å². The van der Waals surface area contributed by atoms with Crippen LogP contribution in [0.1, 0.15) is 35.8 Å². The Balaban J connectivity index is 2.00. The van der Waals surface area contributed by atoms with E-state index in [1.54, 1.807) is 18.3 Å². The van der Waals surface area contributed by atoms with Crippen molar-refractivity contribution in [3.05, 3.63) is 29.6 Å². The molecule has 2 unspecified atom stereocenters. The average molecular weight is 288 g/mol. The van der Waals surface area contributed by atoms with Gasteiger partial charge in [0.1, 0.15) is 5.69 Å². The second-order valence-corrected chi connectivity index (χ2v) is 5.01. The molecule has 0 spiro atoms. The molecule has 0 aliphatic carbocycles. The summed E-state index contributed by atoms with van der Waals surface area (Å²) in [5.74, 6) is 5.81. The lowest BCUT2D eigenvalue weighted by molar-refractivity contribution is 0.0903. The first-order valence-electron chi connectivity index (χ1n) is 7.17. The molecule has 21 heavy (non-hydrogen) atoms. The Kier molecular flexibility index (Phi) is 5.73. The first-order chi connectivity index (χ1) is 10.2. The number of amides is 1. The molecule has 0 saturated carbocycles. The van der Waals surface area contributed by atoms with Crippen LogP contribution < -0.4 is 5.32 Å². The molecule has 112 valence electrons. The van der Waals surface area contributed by atoms with Gasteiger partial charge in [-0.3, -0.25) is 4.79 Å². The fourth-order valence-electron chi connectivity index (χ4n) is 2.25. The third-order valence-corrected chi connectivity index (χ3v) is 3.54. The molecule has 0 aromatic carbocycles. The summed E-state index contributed by atoms with van der Waals surface area (Å²) in [6.07, 6.45) is 3.10. The van der Waals surface area contributed by atoms with Gasteiger partial charge < -0.3 is 15.2 Å². The first kappa shape index (κ1) is 15.5. The van der Waals surface area contributed by atoms with Crippen LogP contribution in [0.25, 0.3) is 0 Å². The summed E-state index contributed by atoms with van der Waals surface area (Å²) in [6, 6.07) is 3.50. The van der Waals surface area contributed by atoms with Crippen LogP contribution in [0, 0.1) is 17.8 Å². The van der Waals surface area contributed by atoms with E-state index in [-0.39, 0.29) is 18.6 Å². The van der Waals surface area contributed by atoms with Crippen molar-refractivity contribution in [3.63, 3.8) is 0 Å². The molecule has 5 heteroatoms. The van der Waals surface area contributed by atoms with Gasteiger partial charge in [-0.25, -0.2) is 4.98 Å². The summed E-state index contributed by atoms with van der Waals surface area (Å²) in [7, 11) is 0. The molecule has 0 bridgehead atoms. The van der Waals surface area contributed by atoms with E-state index in [2.05, 4.69) is 22.1 Å². The predicted molar refractivity (Wildman–Crippen MR) is 78.7 cm³/mol. The zero-order valence-corrected chi connectivity index (χ0v) is 12.1. The van der Waals surface area contributed by atoms with E-state index in [0.717, 1.165) is 13.0 Å². The Bertz CT molecular complexity index is 548. The van der Waals surface area contributed by atoms with E-state index in [1.807, 2.05) is 6.92 Å². The van der Waals surface area contributed by atoms with Crippen LogP contribution in [0.2, 0.25) is 0 Å². The first-order valence-corrected chi connectivity index (χ1v) is 7.17. The second-order valence-electron chi connectivity index (χ2n) is 5.01. The number of pyridine rings is 1. The van der Waals surface area contributed by atoms with Gasteiger partial charge in [-0.1, -0.05) is 11.8 Å². The summed E-state index contributed by atoms with van der Waals surface area (Å²) >= 11 is 0. The summed E-state index contributed by atoms with van der Waals surface area (Å²) < 4.78 is 5.48. The molecule has 1 amide bonds. The molecule has 1 saturated heterocycles. The number of aliphatic hydroxyl groups excluding tert-OH is 1. The standard InChI is InChI=1S/C16H20N2O3/c1-12-14(7-10-21-12)11-18-16(20)15-13(5-2-3-9-19)6-4-8-17-15/h4,6,8,12,14,19H,3,7,9-11H2,1H3,(H,18,20). The van der Waals surface area contributed by atoms with Crippen molar-refractivity contribution < 1.29 is 14.6 Å². The Labute approximate surface area is 124 Å². The van der Waals surface area contributed by atoms with Crippen molar-refractivity contribution in [2.45, 2.75) is 25.9 Å². The second kappa shape index (κ2) is 7.77. The molecule has 1 fully saturated rings. The smallest absolute Gasteiger partial charge is 0.271 e. The maximum atomic E-state index is 12.2. The number of carbonyl (C=O) groups excluding carboxylic acids is 1. The van der Waals surface area contributed by atoms with E-state index >= 15 is 0 Å². The van der Waals surface area contributed by atoms with Crippen LogP contribution in [0.4, 0.5) is 0 Å². The fourth-order valence-corrected chi connectivity index (χ4v) is 2.25. The van der Waals surface area contributed by atoms with Crippen LogP contribution >= 0.6 is 0 Å². The molecule has 2 heterocycles. The minimum Gasteiger partial charge on any atom is -0.395 e. The van der Waals surface area contributed by atoms with Gasteiger partial charge >= 0.3 is 0 Å². The lowest BCUT2D eigenvalue weighted by Crippen LogP contribution is -2.32. The van der Waals surface area contributed by atoms with Gasteiger partial charge in [-0.2, -0.15) is 0 Å². The summed E-state index contributed by atoms with van der Waals surface area (Å²) in [6.45, 7) is 3.37. The average Bonchev–Trinajstić information content (AvgIpc) is 2.91. The molecular formula is C16H20N2O3. The van der Waals surface area contributed by atoms with E-state index in [4.69, 9.17) is 9.84 Å². The summed E-state index contributed by atoms with van der Waals surface area (Å²) in [4.78, 5) is 16.3. The van der Waals surface area contributed by atoms with Gasteiger partial charge in [0.15, 0.2) is 0 Å². The molecule has 1 aliphatic heterocycles. The van der Waals surface area contributed by atoms with Gasteiger partial charge in [0, 0.05) is 31.7 Å². The minimum atomic E-state index is -0.219. The van der Waals surface area contributed by atoms with E-state index < -0.39 is 0 Å². The largest absolute Gasteiger partial charge is 0.395 e. The molecule has 5 nitrogen and oxygen atoms in total. The lowest BCUT2D eigenvalue weighted by Gasteiger charge is -2.14. The van der Waals surface area contributed by atoms with Crippen molar-refractivity contribution in [2.75, 3.05) is 19.8 Å². The Morgan fingerprint density at radius 2 is 2.48 bits per heavy atom. The Morgan fingerprint density at radius 1 is 1.62 bits per heavy atom. The van der Waals surface area contributed by atoms with Gasteiger partial charge in [0.25, 0.3) is 5.91 Å². The molecule has 1 aromatic heterocycles. The minimum absolute atomic E-state index is 0.00829. The van der Waals surface area contributed by atoms with Crippen LogP contribution in [0.15, 0.2) is 18.3 Å². The van der Waals surface area contributed by atoms with Gasteiger partial charge in [-0.05, 0) is 25.5 Å². The number of nitrogens with zero attached hydrogens (tertiary/aromatic N) is 1. The quantitative estimate of drug-likeness (QED) is 0.810. The zero-order chi connectivity index (χ0) is 15.1. The number of nitrogens with one attached hydrogen (secondary N) is 1.